The molecule has 0 bridgehead atoms. The Morgan fingerprint density at radius 3 is 1.03 bits per heavy atom. The molecule has 1 fully saturated rings. The van der Waals surface area contributed by atoms with Gasteiger partial charge in [-0.25, -0.2) is 9.59 Å². The Hall–Kier alpha value is -4.74. The Morgan fingerprint density at radius 2 is 0.795 bits per heavy atom. The average Bonchev–Trinajstić information content (AvgIpc) is 3.30. The summed E-state index contributed by atoms with van der Waals surface area (Å²) in [5.74, 6) is -1.34. The molecule has 0 unspecified atom stereocenters. The third-order valence-corrected chi connectivity index (χ3v) is 7.03. The first-order chi connectivity index (χ1) is 19.1. The van der Waals surface area contributed by atoms with E-state index >= 15 is 0 Å². The van der Waals surface area contributed by atoms with Gasteiger partial charge in [-0.15, -0.1) is 0 Å². The molecule has 194 valence electrons. The standard InChI is InChI=1S/C34H28O5/c1-3-29(35)37-31-32(38-30(36)4-2)34(27-21-13-7-14-22-27,28-23-15-8-16-24-28)39-33(31,25-17-9-5-10-18-25)26-19-11-6-12-20-26/h3-24,31-32H,1-2H2/t31-,32-/m1/s1. The third-order valence-electron chi connectivity index (χ3n) is 7.03. The van der Waals surface area contributed by atoms with Crippen LogP contribution < -0.4 is 0 Å². The van der Waals surface area contributed by atoms with E-state index in [0.717, 1.165) is 34.4 Å². The van der Waals surface area contributed by atoms with Crippen LogP contribution in [0, 0.1) is 0 Å². The van der Waals surface area contributed by atoms with Crippen molar-refractivity contribution in [1.82, 2.24) is 0 Å². The second kappa shape index (κ2) is 10.9. The number of hydrogen-bond donors (Lipinski definition) is 0. The number of esters is 2. The minimum atomic E-state index is -1.38. The van der Waals surface area contributed by atoms with Gasteiger partial charge in [0.05, 0.1) is 0 Å². The molecule has 1 saturated heterocycles. The van der Waals surface area contributed by atoms with Gasteiger partial charge in [0.25, 0.3) is 0 Å². The van der Waals surface area contributed by atoms with E-state index in [1.165, 1.54) is 0 Å². The van der Waals surface area contributed by atoms with Gasteiger partial charge in [-0.05, 0) is 22.3 Å². The molecule has 0 radical (unpaired) electrons. The predicted molar refractivity (Wildman–Crippen MR) is 149 cm³/mol. The smallest absolute Gasteiger partial charge is 0.330 e. The molecule has 5 heteroatoms. The highest BCUT2D eigenvalue weighted by Gasteiger charge is 2.68. The Bertz CT molecular complexity index is 1260. The zero-order chi connectivity index (χ0) is 27.3. The van der Waals surface area contributed by atoms with Crippen molar-refractivity contribution in [3.05, 3.63) is 169 Å². The van der Waals surface area contributed by atoms with Crippen LogP contribution in [0.4, 0.5) is 0 Å². The van der Waals surface area contributed by atoms with Crippen molar-refractivity contribution in [3.63, 3.8) is 0 Å². The fourth-order valence-electron chi connectivity index (χ4n) is 5.40. The minimum Gasteiger partial charge on any atom is -0.451 e. The summed E-state index contributed by atoms with van der Waals surface area (Å²) in [5.41, 5.74) is 0.161. The zero-order valence-electron chi connectivity index (χ0n) is 21.3. The zero-order valence-corrected chi connectivity index (χ0v) is 21.3. The summed E-state index contributed by atoms with van der Waals surface area (Å²) in [7, 11) is 0. The van der Waals surface area contributed by atoms with Gasteiger partial charge in [-0.2, -0.15) is 0 Å². The van der Waals surface area contributed by atoms with Crippen molar-refractivity contribution in [2.24, 2.45) is 0 Å². The largest absolute Gasteiger partial charge is 0.451 e. The summed E-state index contributed by atoms with van der Waals surface area (Å²) in [4.78, 5) is 25.9. The highest BCUT2D eigenvalue weighted by molar-refractivity contribution is 5.83. The lowest BCUT2D eigenvalue weighted by atomic mass is 9.77. The molecule has 5 nitrogen and oxygen atoms in total. The molecule has 0 aromatic heterocycles. The van der Waals surface area contributed by atoms with Crippen LogP contribution in [0.1, 0.15) is 22.3 Å². The molecule has 0 N–H and O–H groups in total. The molecule has 4 aromatic rings. The van der Waals surface area contributed by atoms with Crippen LogP contribution in [0.5, 0.6) is 0 Å². The summed E-state index contributed by atoms with van der Waals surface area (Å²) in [6.45, 7) is 7.22. The second-order valence-electron chi connectivity index (χ2n) is 9.16. The maximum Gasteiger partial charge on any atom is 0.330 e. The number of benzene rings is 4. The van der Waals surface area contributed by atoms with Crippen molar-refractivity contribution < 1.29 is 23.8 Å². The second-order valence-corrected chi connectivity index (χ2v) is 9.16. The molecule has 1 aliphatic heterocycles. The molecular weight excluding hydrogens is 488 g/mol. The lowest BCUT2D eigenvalue weighted by molar-refractivity contribution is -0.164. The maximum atomic E-state index is 12.9. The van der Waals surface area contributed by atoms with E-state index in [0.29, 0.717) is 0 Å². The van der Waals surface area contributed by atoms with Gasteiger partial charge >= 0.3 is 11.9 Å². The Morgan fingerprint density at radius 1 is 0.538 bits per heavy atom. The van der Waals surface area contributed by atoms with E-state index in [1.54, 1.807) is 0 Å². The van der Waals surface area contributed by atoms with Crippen LogP contribution >= 0.6 is 0 Å². The summed E-state index contributed by atoms with van der Waals surface area (Å²) in [6.07, 6.45) is -0.0368. The lowest BCUT2D eigenvalue weighted by Gasteiger charge is -2.37. The van der Waals surface area contributed by atoms with Crippen LogP contribution in [-0.4, -0.2) is 24.1 Å². The first-order valence-electron chi connectivity index (χ1n) is 12.6. The normalized spacial score (nSPS) is 19.0. The van der Waals surface area contributed by atoms with E-state index < -0.39 is 35.3 Å². The van der Waals surface area contributed by atoms with Gasteiger partial charge in [0.1, 0.15) is 0 Å². The van der Waals surface area contributed by atoms with Crippen molar-refractivity contribution in [2.45, 2.75) is 23.4 Å². The van der Waals surface area contributed by atoms with Crippen LogP contribution in [0.15, 0.2) is 147 Å². The fourth-order valence-corrected chi connectivity index (χ4v) is 5.40. The van der Waals surface area contributed by atoms with E-state index in [-0.39, 0.29) is 0 Å². The number of carbonyl (C=O) groups is 2. The quantitative estimate of drug-likeness (QED) is 0.209. The van der Waals surface area contributed by atoms with E-state index in [2.05, 4.69) is 13.2 Å². The minimum absolute atomic E-state index is 0.670. The molecule has 1 aliphatic rings. The van der Waals surface area contributed by atoms with Gasteiger partial charge in [-0.1, -0.05) is 134 Å². The van der Waals surface area contributed by atoms with E-state index in [1.807, 2.05) is 121 Å². The van der Waals surface area contributed by atoms with Gasteiger partial charge in [-0.3, -0.25) is 0 Å². The SMILES string of the molecule is C=CC(=O)O[C@@H]1[C@@H](OC(=O)C=C)C(c2ccccc2)(c2ccccc2)OC1(c1ccccc1)c1ccccc1. The van der Waals surface area contributed by atoms with Crippen molar-refractivity contribution in [1.29, 1.82) is 0 Å². The summed E-state index contributed by atoms with van der Waals surface area (Å²) >= 11 is 0. The van der Waals surface area contributed by atoms with Crippen LogP contribution in [-0.2, 0) is 35.0 Å². The summed E-state index contributed by atoms with van der Waals surface area (Å²) in [6, 6.07) is 38.1. The first kappa shape index (κ1) is 25.9. The molecule has 0 amide bonds. The van der Waals surface area contributed by atoms with E-state index in [4.69, 9.17) is 14.2 Å². The molecule has 39 heavy (non-hydrogen) atoms. The molecule has 4 aromatic carbocycles. The highest BCUT2D eigenvalue weighted by Crippen LogP contribution is 2.58. The van der Waals surface area contributed by atoms with Gasteiger partial charge in [0, 0.05) is 12.2 Å². The topological polar surface area (TPSA) is 61.8 Å². The maximum absolute atomic E-state index is 12.9. The van der Waals surface area contributed by atoms with Gasteiger partial charge in [0.15, 0.2) is 23.4 Å². The molecular formula is C34H28O5. The Kier molecular flexibility index (Phi) is 7.26. The van der Waals surface area contributed by atoms with Crippen LogP contribution in [0.25, 0.3) is 0 Å². The summed E-state index contributed by atoms with van der Waals surface area (Å²) < 4.78 is 19.7. The predicted octanol–water partition coefficient (Wildman–Crippen LogP) is 6.10. The molecule has 1 heterocycles. The Balaban J connectivity index is 1.92. The number of ether oxygens (including phenoxy) is 3. The number of rotatable bonds is 8. The number of carbonyl (C=O) groups excluding carboxylic acids is 2. The monoisotopic (exact) mass is 516 g/mol. The van der Waals surface area contributed by atoms with Crippen molar-refractivity contribution in [3.8, 4) is 0 Å². The molecule has 0 aliphatic carbocycles. The first-order valence-corrected chi connectivity index (χ1v) is 12.6. The molecule has 0 saturated carbocycles. The molecule has 0 spiro atoms. The fraction of sp³-hybridized carbons (Fsp3) is 0.118. The van der Waals surface area contributed by atoms with Crippen LogP contribution in [0.3, 0.4) is 0 Å². The van der Waals surface area contributed by atoms with Crippen molar-refractivity contribution >= 4 is 11.9 Å². The van der Waals surface area contributed by atoms with E-state index in [9.17, 15) is 9.59 Å². The van der Waals surface area contributed by atoms with Crippen LogP contribution in [0.2, 0.25) is 0 Å². The molecule has 5 rings (SSSR count). The van der Waals surface area contributed by atoms with Gasteiger partial charge in [0.2, 0.25) is 0 Å². The number of hydrogen-bond acceptors (Lipinski definition) is 5. The van der Waals surface area contributed by atoms with Crippen molar-refractivity contribution in [2.75, 3.05) is 0 Å². The average molecular weight is 517 g/mol. The Labute approximate surface area is 228 Å². The van der Waals surface area contributed by atoms with Gasteiger partial charge < -0.3 is 14.2 Å². The summed E-state index contributed by atoms with van der Waals surface area (Å²) in [5, 5.41) is 0. The highest BCUT2D eigenvalue weighted by atomic mass is 16.7. The molecule has 2 atom stereocenters. The third kappa shape index (κ3) is 4.47. The lowest BCUT2D eigenvalue weighted by Crippen LogP contribution is -2.48.